The quantitative estimate of drug-likeness (QED) is 0.871. The van der Waals surface area contributed by atoms with Crippen molar-refractivity contribution in [2.24, 2.45) is 0 Å². The van der Waals surface area contributed by atoms with Crippen LogP contribution in [0.15, 0.2) is 42.5 Å². The summed E-state index contributed by atoms with van der Waals surface area (Å²) in [4.78, 5) is 12.4. The SMILES string of the molecule is CC1COCC(CC(=O)c2ccc3ccccc3c2)N1. The lowest BCUT2D eigenvalue weighted by molar-refractivity contribution is 0.0463. The average molecular weight is 269 g/mol. The van der Waals surface area contributed by atoms with Gasteiger partial charge in [0.2, 0.25) is 0 Å². The minimum atomic E-state index is 0.123. The summed E-state index contributed by atoms with van der Waals surface area (Å²) in [5.74, 6) is 0.172. The zero-order valence-corrected chi connectivity index (χ0v) is 11.6. The van der Waals surface area contributed by atoms with Crippen LogP contribution in [0.5, 0.6) is 0 Å². The topological polar surface area (TPSA) is 38.3 Å². The summed E-state index contributed by atoms with van der Waals surface area (Å²) in [5.41, 5.74) is 0.781. The smallest absolute Gasteiger partial charge is 0.164 e. The molecule has 1 aliphatic rings. The highest BCUT2D eigenvalue weighted by atomic mass is 16.5. The van der Waals surface area contributed by atoms with Gasteiger partial charge in [-0.1, -0.05) is 36.4 Å². The van der Waals surface area contributed by atoms with E-state index >= 15 is 0 Å². The predicted molar refractivity (Wildman–Crippen MR) is 80.1 cm³/mol. The van der Waals surface area contributed by atoms with Crippen molar-refractivity contribution in [2.75, 3.05) is 13.2 Å². The predicted octanol–water partition coefficient (Wildman–Crippen LogP) is 2.79. The lowest BCUT2D eigenvalue weighted by atomic mass is 10.00. The van der Waals surface area contributed by atoms with Gasteiger partial charge in [0.15, 0.2) is 5.78 Å². The number of carbonyl (C=O) groups is 1. The fraction of sp³-hybridized carbons (Fsp3) is 0.353. The van der Waals surface area contributed by atoms with Crippen LogP contribution in [0.4, 0.5) is 0 Å². The Balaban J connectivity index is 1.75. The van der Waals surface area contributed by atoms with Crippen LogP contribution < -0.4 is 5.32 Å². The summed E-state index contributed by atoms with van der Waals surface area (Å²) < 4.78 is 5.49. The molecule has 0 spiro atoms. The van der Waals surface area contributed by atoms with Crippen LogP contribution in [0.1, 0.15) is 23.7 Å². The number of ether oxygens (including phenoxy) is 1. The highest BCUT2D eigenvalue weighted by molar-refractivity contribution is 6.00. The van der Waals surface area contributed by atoms with Crippen molar-refractivity contribution in [1.29, 1.82) is 0 Å². The number of hydrogen-bond acceptors (Lipinski definition) is 3. The Hall–Kier alpha value is -1.71. The maximum atomic E-state index is 12.4. The largest absolute Gasteiger partial charge is 0.378 e. The summed E-state index contributed by atoms with van der Waals surface area (Å²) in [6.45, 7) is 3.41. The van der Waals surface area contributed by atoms with Gasteiger partial charge < -0.3 is 10.1 Å². The van der Waals surface area contributed by atoms with Crippen LogP contribution in [-0.4, -0.2) is 31.1 Å². The van der Waals surface area contributed by atoms with Gasteiger partial charge in [0.05, 0.1) is 13.2 Å². The summed E-state index contributed by atoms with van der Waals surface area (Å²) in [6, 6.07) is 14.4. The molecule has 1 N–H and O–H groups in total. The van der Waals surface area contributed by atoms with Crippen molar-refractivity contribution in [2.45, 2.75) is 25.4 Å². The number of hydrogen-bond donors (Lipinski definition) is 1. The number of carbonyl (C=O) groups excluding carboxylic acids is 1. The molecule has 0 radical (unpaired) electrons. The molecular weight excluding hydrogens is 250 g/mol. The average Bonchev–Trinajstić information content (AvgIpc) is 2.47. The molecule has 2 unspecified atom stereocenters. The number of ketones is 1. The molecule has 0 bridgehead atoms. The van der Waals surface area contributed by atoms with E-state index in [0.717, 1.165) is 22.9 Å². The van der Waals surface area contributed by atoms with Crippen molar-refractivity contribution in [1.82, 2.24) is 5.32 Å². The summed E-state index contributed by atoms with van der Waals surface area (Å²) in [5, 5.41) is 5.68. The molecule has 0 aromatic heterocycles. The van der Waals surface area contributed by atoms with Crippen LogP contribution in [0.25, 0.3) is 10.8 Å². The zero-order chi connectivity index (χ0) is 13.9. The zero-order valence-electron chi connectivity index (χ0n) is 11.6. The molecule has 3 nitrogen and oxygen atoms in total. The van der Waals surface area contributed by atoms with Gasteiger partial charge in [-0.15, -0.1) is 0 Å². The first-order valence-electron chi connectivity index (χ1n) is 7.08. The van der Waals surface area contributed by atoms with E-state index in [4.69, 9.17) is 4.74 Å². The first-order valence-corrected chi connectivity index (χ1v) is 7.08. The second-order valence-electron chi connectivity index (χ2n) is 5.49. The van der Waals surface area contributed by atoms with E-state index in [1.165, 1.54) is 0 Å². The van der Waals surface area contributed by atoms with Gasteiger partial charge in [0.25, 0.3) is 0 Å². The molecular formula is C17H19NO2. The Morgan fingerprint density at radius 2 is 2.00 bits per heavy atom. The third-order valence-corrected chi connectivity index (χ3v) is 3.71. The van der Waals surface area contributed by atoms with Crippen LogP contribution in [0, 0.1) is 0 Å². The van der Waals surface area contributed by atoms with Crippen molar-refractivity contribution < 1.29 is 9.53 Å². The third kappa shape index (κ3) is 2.89. The Labute approximate surface area is 118 Å². The van der Waals surface area contributed by atoms with Crippen molar-refractivity contribution in [3.8, 4) is 0 Å². The van der Waals surface area contributed by atoms with E-state index in [2.05, 4.69) is 18.3 Å². The van der Waals surface area contributed by atoms with E-state index in [1.807, 2.05) is 36.4 Å². The molecule has 2 aromatic carbocycles. The number of morpholine rings is 1. The van der Waals surface area contributed by atoms with E-state index in [-0.39, 0.29) is 11.8 Å². The van der Waals surface area contributed by atoms with E-state index in [9.17, 15) is 4.79 Å². The molecule has 0 saturated carbocycles. The molecule has 1 heterocycles. The normalized spacial score (nSPS) is 22.9. The number of nitrogens with one attached hydrogen (secondary N) is 1. The van der Waals surface area contributed by atoms with Crippen LogP contribution in [0.3, 0.4) is 0 Å². The first kappa shape index (κ1) is 13.3. The maximum absolute atomic E-state index is 12.4. The van der Waals surface area contributed by atoms with Crippen LogP contribution >= 0.6 is 0 Å². The molecule has 20 heavy (non-hydrogen) atoms. The molecule has 0 amide bonds. The molecule has 2 aromatic rings. The molecule has 0 aliphatic carbocycles. The molecule has 104 valence electrons. The highest BCUT2D eigenvalue weighted by Crippen LogP contribution is 2.17. The van der Waals surface area contributed by atoms with Gasteiger partial charge in [-0.25, -0.2) is 0 Å². The minimum Gasteiger partial charge on any atom is -0.378 e. The maximum Gasteiger partial charge on any atom is 0.164 e. The van der Waals surface area contributed by atoms with Gasteiger partial charge in [-0.2, -0.15) is 0 Å². The molecule has 3 rings (SSSR count). The second kappa shape index (κ2) is 5.73. The van der Waals surface area contributed by atoms with Crippen LogP contribution in [0.2, 0.25) is 0 Å². The standard InChI is InChI=1S/C17H19NO2/c1-12-10-20-11-16(18-12)9-17(19)15-7-6-13-4-2-3-5-14(13)8-15/h2-8,12,16,18H,9-11H2,1H3. The summed E-state index contributed by atoms with van der Waals surface area (Å²) in [6.07, 6.45) is 0.489. The monoisotopic (exact) mass is 269 g/mol. The lowest BCUT2D eigenvalue weighted by Gasteiger charge is -2.28. The molecule has 3 heteroatoms. The van der Waals surface area contributed by atoms with Gasteiger partial charge in [0, 0.05) is 24.1 Å². The Bertz CT molecular complexity index is 623. The molecule has 2 atom stereocenters. The van der Waals surface area contributed by atoms with E-state index < -0.39 is 0 Å². The van der Waals surface area contributed by atoms with Crippen molar-refractivity contribution in [3.63, 3.8) is 0 Å². The van der Waals surface area contributed by atoms with E-state index in [0.29, 0.717) is 19.1 Å². The highest BCUT2D eigenvalue weighted by Gasteiger charge is 2.21. The number of fused-ring (bicyclic) bond motifs is 1. The molecule has 1 aliphatic heterocycles. The van der Waals surface area contributed by atoms with Gasteiger partial charge in [-0.3, -0.25) is 4.79 Å². The van der Waals surface area contributed by atoms with E-state index in [1.54, 1.807) is 0 Å². The second-order valence-corrected chi connectivity index (χ2v) is 5.49. The van der Waals surface area contributed by atoms with Gasteiger partial charge in [0.1, 0.15) is 0 Å². The van der Waals surface area contributed by atoms with Gasteiger partial charge >= 0.3 is 0 Å². The fourth-order valence-electron chi connectivity index (χ4n) is 2.71. The third-order valence-electron chi connectivity index (χ3n) is 3.71. The van der Waals surface area contributed by atoms with Crippen LogP contribution in [-0.2, 0) is 4.74 Å². The summed E-state index contributed by atoms with van der Waals surface area (Å²) >= 11 is 0. The Morgan fingerprint density at radius 3 is 2.80 bits per heavy atom. The number of Topliss-reactive ketones (excluding diaryl/α,β-unsaturated/α-hetero) is 1. The number of benzene rings is 2. The summed E-state index contributed by atoms with van der Waals surface area (Å²) in [7, 11) is 0. The Morgan fingerprint density at radius 1 is 1.20 bits per heavy atom. The van der Waals surface area contributed by atoms with Crippen molar-refractivity contribution >= 4 is 16.6 Å². The minimum absolute atomic E-state index is 0.123. The lowest BCUT2D eigenvalue weighted by Crippen LogP contribution is -2.48. The first-order chi connectivity index (χ1) is 9.72. The fourth-order valence-corrected chi connectivity index (χ4v) is 2.71. The number of rotatable bonds is 3. The molecule has 1 fully saturated rings. The van der Waals surface area contributed by atoms with Crippen molar-refractivity contribution in [3.05, 3.63) is 48.0 Å². The molecule has 1 saturated heterocycles. The van der Waals surface area contributed by atoms with Gasteiger partial charge in [-0.05, 0) is 23.8 Å². The Kier molecular flexibility index (Phi) is 3.81.